The number of methoxy groups -OCH3 is 2. The number of rotatable bonds is 29. The molecule has 10 bridgehead atoms. The van der Waals surface area contributed by atoms with Crippen LogP contribution in [0.5, 0.6) is 0 Å². The minimum atomic E-state index is -2.75. The second-order valence-electron chi connectivity index (χ2n) is 40.6. The largest absolute Gasteiger partial charge is 0.462 e. The lowest BCUT2D eigenvalue weighted by Crippen LogP contribution is -2.69. The van der Waals surface area contributed by atoms with Crippen molar-refractivity contribution < 1.29 is 98.5 Å². The lowest BCUT2D eigenvalue weighted by Gasteiger charge is -2.56. The Balaban J connectivity index is 1.45. The minimum Gasteiger partial charge on any atom is -0.462 e. The number of carbonyl (C=O) groups is 4. The fourth-order valence-electron chi connectivity index (χ4n) is 20.0. The number of Topliss-reactive ketones (excluding diaryl/α,β-unsaturated/α-hetero) is 1. The first-order valence-corrected chi connectivity index (χ1v) is 60.0. The number of ether oxygens (including phenoxy) is 11. The predicted molar refractivity (Wildman–Crippen MR) is 488 cm³/mol. The number of ketones is 1. The summed E-state index contributed by atoms with van der Waals surface area (Å²) in [7, 11) is -8.88. The second kappa shape index (κ2) is 43.6. The summed E-state index contributed by atoms with van der Waals surface area (Å²) in [6.07, 6.45) is 4.34. The smallest absolute Gasteiger partial charge is 0.308 e. The molecular formula is C94H168O21Si5. The topological polar surface area (TPSA) is 236 Å². The molecule has 0 aromatic rings. The fraction of sp³-hybridized carbons (Fsp3) is 0.851. The molecule has 0 aromatic heterocycles. The van der Waals surface area contributed by atoms with E-state index in [4.69, 9.17) is 87.4 Å². The van der Waals surface area contributed by atoms with Crippen LogP contribution in [0.25, 0.3) is 0 Å². The average Bonchev–Trinajstić information content (AvgIpc) is 0.741. The van der Waals surface area contributed by atoms with Crippen molar-refractivity contribution in [3.05, 3.63) is 61.3 Å². The van der Waals surface area contributed by atoms with Crippen LogP contribution >= 0.6 is 0 Å². The van der Waals surface area contributed by atoms with Crippen molar-refractivity contribution >= 4 is 65.3 Å². The van der Waals surface area contributed by atoms with E-state index in [9.17, 15) is 14.7 Å². The number of aliphatic hydroxyl groups excluding tert-OH is 1. The molecule has 0 unspecified atom stereocenters. The van der Waals surface area contributed by atoms with Crippen molar-refractivity contribution in [1.82, 2.24) is 0 Å². The van der Waals surface area contributed by atoms with E-state index in [1.165, 1.54) is 13.8 Å². The maximum absolute atomic E-state index is 15.8. The maximum Gasteiger partial charge on any atom is 0.308 e. The van der Waals surface area contributed by atoms with Gasteiger partial charge < -0.3 is 79.3 Å². The Morgan fingerprint density at radius 2 is 1.21 bits per heavy atom. The van der Waals surface area contributed by atoms with Gasteiger partial charge in [-0.25, -0.2) is 0 Å². The summed E-state index contributed by atoms with van der Waals surface area (Å²) in [4.78, 5) is 58.0. The van der Waals surface area contributed by atoms with Crippen molar-refractivity contribution in [2.75, 3.05) is 14.2 Å². The number of allylic oxidation sites excluding steroid dienone is 3. The van der Waals surface area contributed by atoms with Gasteiger partial charge in [-0.3, -0.25) is 19.2 Å². The quantitative estimate of drug-likeness (QED) is 0.0241. The zero-order valence-corrected chi connectivity index (χ0v) is 85.1. The third-order valence-electron chi connectivity index (χ3n) is 30.0. The number of hydrogen-bond acceptors (Lipinski definition) is 21. The van der Waals surface area contributed by atoms with Gasteiger partial charge in [-0.15, -0.1) is 0 Å². The van der Waals surface area contributed by atoms with Gasteiger partial charge in [0, 0.05) is 110 Å². The molecule has 21 nitrogen and oxygen atoms in total. The minimum absolute atomic E-state index is 0.00351. The first kappa shape index (κ1) is 104. The third kappa shape index (κ3) is 26.3. The van der Waals surface area contributed by atoms with Crippen LogP contribution in [0, 0.1) is 23.7 Å². The molecule has 7 aliphatic rings. The van der Waals surface area contributed by atoms with Gasteiger partial charge in [-0.1, -0.05) is 193 Å². The molecule has 7 rings (SSSR count). The van der Waals surface area contributed by atoms with Crippen molar-refractivity contribution in [2.24, 2.45) is 23.7 Å². The molecule has 2 spiro atoms. The number of hydrogen-bond donors (Lipinski definition) is 1. The lowest BCUT2D eigenvalue weighted by atomic mass is 9.78. The highest BCUT2D eigenvalue weighted by atomic mass is 28.4. The molecule has 6 fully saturated rings. The summed E-state index contributed by atoms with van der Waals surface area (Å²) in [5.74, 6) is -8.26. The lowest BCUT2D eigenvalue weighted by molar-refractivity contribution is -0.354. The van der Waals surface area contributed by atoms with Crippen LogP contribution in [0.3, 0.4) is 0 Å². The Hall–Kier alpha value is -2.70. The van der Waals surface area contributed by atoms with Gasteiger partial charge in [0.15, 0.2) is 58.9 Å². The van der Waals surface area contributed by atoms with Gasteiger partial charge in [-0.05, 0) is 136 Å². The van der Waals surface area contributed by atoms with E-state index < -0.39 is 173 Å². The SMILES string of the molecule is C=C/C=C/[C@H](CC(=C)C[C@H]1O[C@@H]2[C@H](C)[C@@H](OC(=O)C[C@H]3C[C@H](OC(C)=O)C[C@@]4(C[C@@](C)(O[Si](CC)(CC)CC)C[C@H](CC(=C)[C@@H](C)[C@H](OC(C)=O)[C@H](C)C(=O)C[C@@H]5C[C@H](OC)C[C@@]6(C[C@@H](O[Si](C)(C)C(C)(C)C)C[C@H](/C=C\CCC[C@H]7O[C@](OC)(C[C@H](O[Si](C)(C)C(C)(C)C)[C@H]7C)[C@H]2O[Si](CC)(CC)CC)O6)O5)O4)O3)[C@@H]1O)O[Si](CC)(CC)CC. The Bertz CT molecular complexity index is 3370. The molecule has 6 saturated heterocycles. The van der Waals surface area contributed by atoms with Crippen molar-refractivity contribution in [2.45, 2.75) is 473 Å². The molecule has 120 heavy (non-hydrogen) atoms. The summed E-state index contributed by atoms with van der Waals surface area (Å²) < 4.78 is 116. The molecule has 7 heterocycles. The van der Waals surface area contributed by atoms with E-state index in [0.717, 1.165) is 66.4 Å². The second-order valence-corrected chi connectivity index (χ2v) is 64.2. The molecule has 26 heteroatoms. The highest BCUT2D eigenvalue weighted by molar-refractivity contribution is 6.75. The Labute approximate surface area is 731 Å². The zero-order chi connectivity index (χ0) is 89.7. The van der Waals surface area contributed by atoms with Gasteiger partial charge in [0.2, 0.25) is 0 Å². The van der Waals surface area contributed by atoms with E-state index in [1.54, 1.807) is 20.3 Å². The number of carbonyl (C=O) groups excluding carboxylic acids is 4. The van der Waals surface area contributed by atoms with Crippen LogP contribution in [-0.4, -0.2) is 205 Å². The summed E-state index contributed by atoms with van der Waals surface area (Å²) in [5, 5.41) is 13.2. The standard InChI is InChI=1S/C94H168O21Si5/c1-32-42-46-72(112-118(33-2,34-3)35-4)49-63(11)50-81-84(99)86-68(16)87(104-81)88(114-119(36-5,37-6)38-7)94(101-27)61-82(113-117(30,31)90(22,23)24)67(15)80(110-94)48-45-43-44-47-71-52-78(111-116(28,29)89(19,20)21)60-92(106-71)58-75(100-26)53-73(107-92)55-79(97)66(14)85(103-70(18)96)65(13)64(12)51-77-57-91(25,115-120(39-8,40-9)41-10)62-93(109-77)59-76(102-69(17)95)54-74(108-93)56-83(98)105-86/h32,42,44,46-47,65-68,71-78,80-82,84-88,99H,1,11-12,33-41,43,45,48-62H2,2-10,13-31H3/b46-42+,47-44-/t65-,66-,67+,68-,71+,72-,73+,74-,75+,76+,77+,78+,80-,81-,82+,84-,85+,86-,87-,88+,91+,92+,93-,94-/m1/s1. The maximum atomic E-state index is 15.8. The Morgan fingerprint density at radius 3 is 1.77 bits per heavy atom. The predicted octanol–water partition coefficient (Wildman–Crippen LogP) is 21.1. The zero-order valence-electron chi connectivity index (χ0n) is 80.1. The average molecular weight is 1770 g/mol. The first-order valence-electron chi connectivity index (χ1n) is 46.6. The highest BCUT2D eigenvalue weighted by Gasteiger charge is 2.63. The Kier molecular flexibility index (Phi) is 37.9. The number of fused-ring (bicyclic) bond motifs is 8. The molecule has 0 aliphatic carbocycles. The van der Waals surface area contributed by atoms with Crippen LogP contribution in [0.1, 0.15) is 261 Å². The third-order valence-corrected chi connectivity index (χ3v) is 53.2. The first-order chi connectivity index (χ1) is 56.0. The van der Waals surface area contributed by atoms with Gasteiger partial charge in [0.1, 0.15) is 36.3 Å². The molecule has 1 N–H and O–H groups in total. The monoisotopic (exact) mass is 1770 g/mol. The number of aliphatic hydroxyl groups is 1. The van der Waals surface area contributed by atoms with Crippen molar-refractivity contribution in [1.29, 1.82) is 0 Å². The van der Waals surface area contributed by atoms with E-state index in [1.807, 2.05) is 26.8 Å². The molecule has 24 atom stereocenters. The van der Waals surface area contributed by atoms with E-state index in [0.29, 0.717) is 63.4 Å². The van der Waals surface area contributed by atoms with Crippen molar-refractivity contribution in [3.63, 3.8) is 0 Å². The fourth-order valence-corrected chi connectivity index (χ4v) is 31.6. The molecule has 0 aromatic carbocycles. The molecule has 690 valence electrons. The Morgan fingerprint density at radius 1 is 0.650 bits per heavy atom. The van der Waals surface area contributed by atoms with Gasteiger partial charge >= 0.3 is 17.9 Å². The van der Waals surface area contributed by atoms with E-state index in [2.05, 4.69) is 169 Å². The summed E-state index contributed by atoms with van der Waals surface area (Å²) >= 11 is 0. The molecule has 0 amide bonds. The van der Waals surface area contributed by atoms with Crippen LogP contribution in [0.15, 0.2) is 61.3 Å². The molecule has 0 radical (unpaired) electrons. The van der Waals surface area contributed by atoms with E-state index >= 15 is 9.59 Å². The molecule has 0 saturated carbocycles. The van der Waals surface area contributed by atoms with Crippen LogP contribution in [0.2, 0.25) is 90.7 Å². The number of esters is 3. The van der Waals surface area contributed by atoms with Crippen LogP contribution in [0.4, 0.5) is 0 Å². The van der Waals surface area contributed by atoms with Crippen LogP contribution < -0.4 is 0 Å². The van der Waals surface area contributed by atoms with Gasteiger partial charge in [-0.2, -0.15) is 0 Å². The molecular weight excluding hydrogens is 1610 g/mol. The van der Waals surface area contributed by atoms with Gasteiger partial charge in [0.05, 0.1) is 85.1 Å². The van der Waals surface area contributed by atoms with Gasteiger partial charge in [0.25, 0.3) is 0 Å². The van der Waals surface area contributed by atoms with Crippen molar-refractivity contribution in [3.8, 4) is 0 Å². The molecule has 7 aliphatic heterocycles. The summed E-state index contributed by atoms with van der Waals surface area (Å²) in [6.45, 7) is 68.9. The van der Waals surface area contributed by atoms with E-state index in [-0.39, 0.29) is 91.1 Å². The van der Waals surface area contributed by atoms with Crippen LogP contribution in [-0.2, 0) is 93.4 Å². The normalized spacial score (nSPS) is 36.1. The highest BCUT2D eigenvalue weighted by Crippen LogP contribution is 2.54. The summed E-state index contributed by atoms with van der Waals surface area (Å²) in [6, 6.07) is 7.73. The summed E-state index contributed by atoms with van der Waals surface area (Å²) in [5.41, 5.74) is 0.590.